The highest BCUT2D eigenvalue weighted by Gasteiger charge is 2.23. The number of carboxylic acid groups (broad SMARTS) is 1. The number of nitrogens with zero attached hydrogens (tertiary/aromatic N) is 3. The van der Waals surface area contributed by atoms with Crippen molar-refractivity contribution in [3.05, 3.63) is 11.9 Å². The van der Waals surface area contributed by atoms with Gasteiger partial charge < -0.3 is 10.4 Å². The minimum Gasteiger partial charge on any atom is -0.480 e. The first-order chi connectivity index (χ1) is 11.1. The summed E-state index contributed by atoms with van der Waals surface area (Å²) < 4.78 is 1.25. The molecule has 2 N–H and O–H groups in total. The maximum atomic E-state index is 12.3. The summed E-state index contributed by atoms with van der Waals surface area (Å²) in [6, 6.07) is 0. The van der Waals surface area contributed by atoms with Crippen LogP contribution >= 0.6 is 0 Å². The first-order valence-corrected chi connectivity index (χ1v) is 8.47. The van der Waals surface area contributed by atoms with Gasteiger partial charge in [-0.2, -0.15) is 0 Å². The molecule has 1 heterocycles. The Hall–Kier alpha value is -1.92. The van der Waals surface area contributed by atoms with Crippen molar-refractivity contribution < 1.29 is 14.7 Å². The Labute approximate surface area is 136 Å². The molecule has 0 aromatic carbocycles. The van der Waals surface area contributed by atoms with E-state index in [1.54, 1.807) is 6.20 Å². The molecule has 7 heteroatoms. The summed E-state index contributed by atoms with van der Waals surface area (Å²) in [5.74, 6) is -0.182. The van der Waals surface area contributed by atoms with Crippen molar-refractivity contribution in [3.63, 3.8) is 0 Å². The topological polar surface area (TPSA) is 97.1 Å². The molecule has 1 aliphatic rings. The quantitative estimate of drug-likeness (QED) is 0.762. The van der Waals surface area contributed by atoms with Crippen molar-refractivity contribution in [1.82, 2.24) is 20.3 Å². The van der Waals surface area contributed by atoms with Crippen molar-refractivity contribution in [3.8, 4) is 0 Å². The molecule has 0 saturated heterocycles. The Bertz CT molecular complexity index is 523. The molecule has 1 fully saturated rings. The van der Waals surface area contributed by atoms with Crippen molar-refractivity contribution >= 4 is 11.9 Å². The van der Waals surface area contributed by atoms with Gasteiger partial charge in [-0.15, -0.1) is 5.10 Å². The summed E-state index contributed by atoms with van der Waals surface area (Å²) in [5.41, 5.74) is 0.576. The Morgan fingerprint density at radius 2 is 2.13 bits per heavy atom. The SMILES string of the molecule is CCC(CC1CCCCC1)C(=O)NCc1cn(CC(=O)O)nn1. The van der Waals surface area contributed by atoms with Crippen LogP contribution in [0.3, 0.4) is 0 Å². The molecule has 0 aliphatic heterocycles. The number of carbonyl (C=O) groups excluding carboxylic acids is 1. The summed E-state index contributed by atoms with van der Waals surface area (Å²) in [4.78, 5) is 22.9. The standard InChI is InChI=1S/C16H26N4O3/c1-2-13(8-12-6-4-3-5-7-12)16(23)17-9-14-10-20(19-18-14)11-15(21)22/h10,12-13H,2-9,11H2,1H3,(H,17,23)(H,21,22). The number of nitrogens with one attached hydrogen (secondary N) is 1. The maximum absolute atomic E-state index is 12.3. The second kappa shape index (κ2) is 8.64. The van der Waals surface area contributed by atoms with Crippen molar-refractivity contribution in [2.45, 2.75) is 65.0 Å². The van der Waals surface area contributed by atoms with Crippen molar-refractivity contribution in [2.75, 3.05) is 0 Å². The van der Waals surface area contributed by atoms with Crippen LogP contribution in [0.2, 0.25) is 0 Å². The van der Waals surface area contributed by atoms with E-state index in [2.05, 4.69) is 22.6 Å². The van der Waals surface area contributed by atoms with E-state index in [0.717, 1.165) is 12.8 Å². The lowest BCUT2D eigenvalue weighted by Crippen LogP contribution is -2.31. The summed E-state index contributed by atoms with van der Waals surface area (Å²) in [7, 11) is 0. The smallest absolute Gasteiger partial charge is 0.325 e. The zero-order chi connectivity index (χ0) is 16.7. The summed E-state index contributed by atoms with van der Waals surface area (Å²) in [6.45, 7) is 2.12. The fourth-order valence-corrected chi connectivity index (χ4v) is 3.24. The molecule has 7 nitrogen and oxygen atoms in total. The number of carbonyl (C=O) groups is 2. The fraction of sp³-hybridized carbons (Fsp3) is 0.750. The Kier molecular flexibility index (Phi) is 6.55. The van der Waals surface area contributed by atoms with Crippen LogP contribution in [0, 0.1) is 11.8 Å². The molecule has 0 bridgehead atoms. The van der Waals surface area contributed by atoms with Gasteiger partial charge in [0.1, 0.15) is 12.2 Å². The Balaban J connectivity index is 1.79. The fourth-order valence-electron chi connectivity index (χ4n) is 3.24. The van der Waals surface area contributed by atoms with E-state index in [4.69, 9.17) is 5.11 Å². The first-order valence-electron chi connectivity index (χ1n) is 8.47. The van der Waals surface area contributed by atoms with Crippen molar-refractivity contribution in [1.29, 1.82) is 0 Å². The van der Waals surface area contributed by atoms with Gasteiger partial charge in [0, 0.05) is 5.92 Å². The number of rotatable bonds is 8. The predicted octanol–water partition coefficient (Wildman–Crippen LogP) is 1.98. The highest BCUT2D eigenvalue weighted by molar-refractivity contribution is 5.78. The van der Waals surface area contributed by atoms with Gasteiger partial charge in [0.25, 0.3) is 0 Å². The minimum atomic E-state index is -0.969. The zero-order valence-corrected chi connectivity index (χ0v) is 13.7. The second-order valence-electron chi connectivity index (χ2n) is 6.36. The molecule has 23 heavy (non-hydrogen) atoms. The van der Waals surface area contributed by atoms with E-state index in [1.807, 2.05) is 0 Å². The van der Waals surface area contributed by atoms with Gasteiger partial charge in [-0.05, 0) is 18.8 Å². The number of hydrogen-bond acceptors (Lipinski definition) is 4. The van der Waals surface area contributed by atoms with Gasteiger partial charge in [-0.1, -0.05) is 44.2 Å². The van der Waals surface area contributed by atoms with E-state index in [9.17, 15) is 9.59 Å². The van der Waals surface area contributed by atoms with Gasteiger partial charge in [0.15, 0.2) is 0 Å². The third kappa shape index (κ3) is 5.65. The van der Waals surface area contributed by atoms with Crippen molar-refractivity contribution in [2.24, 2.45) is 11.8 Å². The molecule has 1 aromatic heterocycles. The Morgan fingerprint density at radius 3 is 2.78 bits per heavy atom. The van der Waals surface area contributed by atoms with Gasteiger partial charge in [0.05, 0.1) is 12.7 Å². The summed E-state index contributed by atoms with van der Waals surface area (Å²) >= 11 is 0. The highest BCUT2D eigenvalue weighted by atomic mass is 16.4. The lowest BCUT2D eigenvalue weighted by molar-refractivity contribution is -0.138. The number of aliphatic carboxylic acids is 1. The summed E-state index contributed by atoms with van der Waals surface area (Å²) in [6.07, 6.45) is 9.75. The average molecular weight is 322 g/mol. The van der Waals surface area contributed by atoms with E-state index >= 15 is 0 Å². The average Bonchev–Trinajstić information content (AvgIpc) is 2.98. The van der Waals surface area contributed by atoms with E-state index in [1.165, 1.54) is 36.8 Å². The van der Waals surface area contributed by atoms with Crippen LogP contribution in [-0.4, -0.2) is 32.0 Å². The van der Waals surface area contributed by atoms with Crippen LogP contribution in [0.25, 0.3) is 0 Å². The first kappa shape index (κ1) is 17.4. The maximum Gasteiger partial charge on any atom is 0.325 e. The molecule has 1 aromatic rings. The minimum absolute atomic E-state index is 0.0483. The molecule has 1 saturated carbocycles. The second-order valence-corrected chi connectivity index (χ2v) is 6.36. The molecule has 1 unspecified atom stereocenters. The highest BCUT2D eigenvalue weighted by Crippen LogP contribution is 2.30. The molecule has 128 valence electrons. The van der Waals surface area contributed by atoms with E-state index in [0.29, 0.717) is 18.2 Å². The third-order valence-electron chi connectivity index (χ3n) is 4.53. The normalized spacial score (nSPS) is 16.9. The predicted molar refractivity (Wildman–Crippen MR) is 84.5 cm³/mol. The van der Waals surface area contributed by atoms with Gasteiger partial charge >= 0.3 is 5.97 Å². The zero-order valence-electron chi connectivity index (χ0n) is 13.7. The van der Waals surface area contributed by atoms with E-state index < -0.39 is 5.97 Å². The van der Waals surface area contributed by atoms with Crippen LogP contribution < -0.4 is 5.32 Å². The molecular formula is C16H26N4O3. The molecule has 1 aliphatic carbocycles. The molecule has 0 spiro atoms. The Morgan fingerprint density at radius 1 is 1.39 bits per heavy atom. The number of aromatic nitrogens is 3. The van der Waals surface area contributed by atoms with Crippen LogP contribution in [0.15, 0.2) is 6.20 Å². The summed E-state index contributed by atoms with van der Waals surface area (Å²) in [5, 5.41) is 19.2. The monoisotopic (exact) mass is 322 g/mol. The molecule has 1 amide bonds. The van der Waals surface area contributed by atoms with E-state index in [-0.39, 0.29) is 18.4 Å². The van der Waals surface area contributed by atoms with Gasteiger partial charge in [-0.25, -0.2) is 4.68 Å². The number of carboxylic acids is 1. The van der Waals surface area contributed by atoms with Crippen LogP contribution in [0.1, 0.15) is 57.6 Å². The third-order valence-corrected chi connectivity index (χ3v) is 4.53. The lowest BCUT2D eigenvalue weighted by Gasteiger charge is -2.25. The molecule has 1 atom stereocenters. The number of hydrogen-bond donors (Lipinski definition) is 2. The van der Waals surface area contributed by atoms with Gasteiger partial charge in [0.2, 0.25) is 5.91 Å². The van der Waals surface area contributed by atoms with Gasteiger partial charge in [-0.3, -0.25) is 9.59 Å². The largest absolute Gasteiger partial charge is 0.480 e. The molecule has 0 radical (unpaired) electrons. The number of amides is 1. The van der Waals surface area contributed by atoms with Crippen LogP contribution in [0.4, 0.5) is 0 Å². The molecular weight excluding hydrogens is 296 g/mol. The van der Waals surface area contributed by atoms with Crippen LogP contribution in [0.5, 0.6) is 0 Å². The van der Waals surface area contributed by atoms with Crippen LogP contribution in [-0.2, 0) is 22.7 Å². The molecule has 2 rings (SSSR count). The lowest BCUT2D eigenvalue weighted by atomic mass is 9.82.